The molecule has 0 N–H and O–H groups in total. The van der Waals surface area contributed by atoms with Crippen molar-refractivity contribution in [2.24, 2.45) is 5.92 Å². The lowest BCUT2D eigenvalue weighted by Crippen LogP contribution is -2.11. The maximum absolute atomic E-state index is 10.9. The van der Waals surface area contributed by atoms with Crippen LogP contribution < -0.4 is 0 Å². The molecule has 0 heterocycles. The number of allylic oxidation sites excluding steroid dienone is 1. The van der Waals surface area contributed by atoms with Gasteiger partial charge in [0.05, 0.1) is 13.0 Å². The van der Waals surface area contributed by atoms with Gasteiger partial charge in [0, 0.05) is 0 Å². The molecule has 0 amide bonds. The Morgan fingerprint density at radius 2 is 2.50 bits per heavy atom. The summed E-state index contributed by atoms with van der Waals surface area (Å²) in [6.45, 7) is 3.81. The fourth-order valence-electron chi connectivity index (χ4n) is 1.30. The van der Waals surface area contributed by atoms with Crippen LogP contribution in [0.25, 0.3) is 0 Å². The van der Waals surface area contributed by atoms with Crippen molar-refractivity contribution in [2.45, 2.75) is 19.3 Å². The number of hydrogen-bond acceptors (Lipinski definition) is 2. The Kier molecular flexibility index (Phi) is 2.10. The molecular formula is C8H12O2. The average molecular weight is 140 g/mol. The van der Waals surface area contributed by atoms with Gasteiger partial charge in [0.2, 0.25) is 0 Å². The minimum atomic E-state index is -0.0846. The van der Waals surface area contributed by atoms with Crippen molar-refractivity contribution in [2.75, 3.05) is 7.11 Å². The molecule has 1 atom stereocenters. The van der Waals surface area contributed by atoms with Crippen molar-refractivity contribution in [3.05, 3.63) is 12.2 Å². The standard InChI is InChI=1S/C8H12O2/c1-6-3-4-7(5-6)8(9)10-2/h7H,1,3-5H2,2H3/t7-/m0/s1. The average Bonchev–Trinajstić information content (AvgIpc) is 2.34. The third kappa shape index (κ3) is 1.38. The van der Waals surface area contributed by atoms with Crippen LogP contribution in [-0.4, -0.2) is 13.1 Å². The molecule has 56 valence electrons. The lowest BCUT2D eigenvalue weighted by Gasteiger charge is -2.03. The lowest BCUT2D eigenvalue weighted by atomic mass is 10.1. The number of carbonyl (C=O) groups excluding carboxylic acids is 1. The molecule has 0 aromatic rings. The summed E-state index contributed by atoms with van der Waals surface area (Å²) in [6, 6.07) is 0. The van der Waals surface area contributed by atoms with Gasteiger partial charge in [-0.25, -0.2) is 0 Å². The lowest BCUT2D eigenvalue weighted by molar-refractivity contribution is -0.145. The summed E-state index contributed by atoms with van der Waals surface area (Å²) in [5.41, 5.74) is 1.18. The fourth-order valence-corrected chi connectivity index (χ4v) is 1.30. The number of ether oxygens (including phenoxy) is 1. The van der Waals surface area contributed by atoms with E-state index in [9.17, 15) is 4.79 Å². The van der Waals surface area contributed by atoms with Gasteiger partial charge in [-0.1, -0.05) is 12.2 Å². The number of carbonyl (C=O) groups is 1. The van der Waals surface area contributed by atoms with Crippen LogP contribution in [0.4, 0.5) is 0 Å². The van der Waals surface area contributed by atoms with Crippen LogP contribution in [0.2, 0.25) is 0 Å². The Morgan fingerprint density at radius 3 is 2.90 bits per heavy atom. The van der Waals surface area contributed by atoms with Crippen molar-refractivity contribution in [3.8, 4) is 0 Å². The van der Waals surface area contributed by atoms with Gasteiger partial charge in [-0.3, -0.25) is 4.79 Å². The van der Waals surface area contributed by atoms with Gasteiger partial charge in [0.25, 0.3) is 0 Å². The Bertz CT molecular complexity index is 161. The molecular weight excluding hydrogens is 128 g/mol. The van der Waals surface area contributed by atoms with Crippen LogP contribution in [0.15, 0.2) is 12.2 Å². The van der Waals surface area contributed by atoms with Crippen LogP contribution in [0.3, 0.4) is 0 Å². The summed E-state index contributed by atoms with van der Waals surface area (Å²) in [4.78, 5) is 10.9. The molecule has 1 fully saturated rings. The molecule has 0 unspecified atom stereocenters. The van der Waals surface area contributed by atoms with Crippen LogP contribution in [0.1, 0.15) is 19.3 Å². The second-order valence-electron chi connectivity index (χ2n) is 2.71. The van der Waals surface area contributed by atoms with E-state index >= 15 is 0 Å². The summed E-state index contributed by atoms with van der Waals surface area (Å²) in [5.74, 6) is 0.0103. The van der Waals surface area contributed by atoms with Crippen molar-refractivity contribution >= 4 is 5.97 Å². The van der Waals surface area contributed by atoms with Gasteiger partial charge in [-0.15, -0.1) is 0 Å². The molecule has 0 aliphatic heterocycles. The third-order valence-electron chi connectivity index (χ3n) is 1.92. The summed E-state index contributed by atoms with van der Waals surface area (Å²) < 4.78 is 4.60. The van der Waals surface area contributed by atoms with E-state index in [1.807, 2.05) is 0 Å². The molecule has 1 saturated carbocycles. The van der Waals surface area contributed by atoms with E-state index in [2.05, 4.69) is 11.3 Å². The normalized spacial score (nSPS) is 24.9. The molecule has 0 spiro atoms. The highest BCUT2D eigenvalue weighted by molar-refractivity contribution is 5.73. The minimum absolute atomic E-state index is 0.0846. The SMILES string of the molecule is C=C1CC[C@H](C(=O)OC)C1. The molecule has 2 nitrogen and oxygen atoms in total. The second kappa shape index (κ2) is 2.86. The topological polar surface area (TPSA) is 26.3 Å². The molecule has 0 radical (unpaired) electrons. The summed E-state index contributed by atoms with van der Waals surface area (Å²) in [7, 11) is 1.43. The van der Waals surface area contributed by atoms with Crippen LogP contribution in [0.5, 0.6) is 0 Å². The van der Waals surface area contributed by atoms with E-state index in [0.717, 1.165) is 19.3 Å². The summed E-state index contributed by atoms with van der Waals surface area (Å²) >= 11 is 0. The highest BCUT2D eigenvalue weighted by atomic mass is 16.5. The zero-order valence-corrected chi connectivity index (χ0v) is 6.22. The number of esters is 1. The maximum Gasteiger partial charge on any atom is 0.308 e. The Labute approximate surface area is 60.9 Å². The quantitative estimate of drug-likeness (QED) is 0.407. The molecule has 10 heavy (non-hydrogen) atoms. The van der Waals surface area contributed by atoms with Gasteiger partial charge in [0.15, 0.2) is 0 Å². The van der Waals surface area contributed by atoms with Gasteiger partial charge in [0.1, 0.15) is 0 Å². The first-order valence-electron chi connectivity index (χ1n) is 3.48. The van der Waals surface area contributed by atoms with Crippen LogP contribution in [0, 0.1) is 5.92 Å². The Morgan fingerprint density at radius 1 is 1.80 bits per heavy atom. The minimum Gasteiger partial charge on any atom is -0.469 e. The molecule has 1 aliphatic rings. The zero-order valence-electron chi connectivity index (χ0n) is 6.22. The molecule has 1 aliphatic carbocycles. The first kappa shape index (κ1) is 7.32. The highest BCUT2D eigenvalue weighted by Gasteiger charge is 2.25. The first-order valence-corrected chi connectivity index (χ1v) is 3.48. The third-order valence-corrected chi connectivity index (χ3v) is 1.92. The van der Waals surface area contributed by atoms with E-state index in [1.165, 1.54) is 12.7 Å². The van der Waals surface area contributed by atoms with Crippen molar-refractivity contribution < 1.29 is 9.53 Å². The second-order valence-corrected chi connectivity index (χ2v) is 2.71. The fraction of sp³-hybridized carbons (Fsp3) is 0.625. The van der Waals surface area contributed by atoms with E-state index in [1.54, 1.807) is 0 Å². The van der Waals surface area contributed by atoms with Gasteiger partial charge < -0.3 is 4.74 Å². The predicted octanol–water partition coefficient (Wildman–Crippen LogP) is 1.52. The smallest absolute Gasteiger partial charge is 0.308 e. The maximum atomic E-state index is 10.9. The Hall–Kier alpha value is -0.790. The van der Waals surface area contributed by atoms with Crippen LogP contribution in [-0.2, 0) is 9.53 Å². The molecule has 0 aromatic carbocycles. The van der Waals surface area contributed by atoms with Crippen molar-refractivity contribution in [1.82, 2.24) is 0 Å². The monoisotopic (exact) mass is 140 g/mol. The first-order chi connectivity index (χ1) is 4.74. The van der Waals surface area contributed by atoms with Crippen molar-refractivity contribution in [3.63, 3.8) is 0 Å². The van der Waals surface area contributed by atoms with E-state index in [0.29, 0.717) is 0 Å². The Balaban J connectivity index is 2.44. The summed E-state index contributed by atoms with van der Waals surface area (Å²) in [6.07, 6.45) is 2.73. The van der Waals surface area contributed by atoms with Crippen LogP contribution >= 0.6 is 0 Å². The van der Waals surface area contributed by atoms with E-state index < -0.39 is 0 Å². The number of methoxy groups -OCH3 is 1. The predicted molar refractivity (Wildman–Crippen MR) is 38.5 cm³/mol. The molecule has 2 heteroatoms. The van der Waals surface area contributed by atoms with E-state index in [-0.39, 0.29) is 11.9 Å². The summed E-state index contributed by atoms with van der Waals surface area (Å²) in [5, 5.41) is 0. The van der Waals surface area contributed by atoms with Gasteiger partial charge in [-0.05, 0) is 19.3 Å². The van der Waals surface area contributed by atoms with Crippen molar-refractivity contribution in [1.29, 1.82) is 0 Å². The highest BCUT2D eigenvalue weighted by Crippen LogP contribution is 2.29. The largest absolute Gasteiger partial charge is 0.469 e. The number of hydrogen-bond donors (Lipinski definition) is 0. The molecule has 0 aromatic heterocycles. The zero-order chi connectivity index (χ0) is 7.56. The number of rotatable bonds is 1. The molecule has 0 bridgehead atoms. The van der Waals surface area contributed by atoms with E-state index in [4.69, 9.17) is 0 Å². The van der Waals surface area contributed by atoms with Gasteiger partial charge >= 0.3 is 5.97 Å². The molecule has 1 rings (SSSR count). The van der Waals surface area contributed by atoms with Gasteiger partial charge in [-0.2, -0.15) is 0 Å². The molecule has 0 saturated heterocycles.